The Morgan fingerprint density at radius 3 is 2.61 bits per heavy atom. The van der Waals surface area contributed by atoms with Crippen LogP contribution in [0, 0.1) is 0 Å². The van der Waals surface area contributed by atoms with Crippen molar-refractivity contribution in [3.63, 3.8) is 0 Å². The van der Waals surface area contributed by atoms with Gasteiger partial charge in [-0.05, 0) is 29.6 Å². The van der Waals surface area contributed by atoms with E-state index >= 15 is 0 Å². The van der Waals surface area contributed by atoms with E-state index in [9.17, 15) is 26.4 Å². The molecule has 1 unspecified atom stereocenters. The van der Waals surface area contributed by atoms with Crippen LogP contribution in [0.1, 0.15) is 0 Å². The number of fused-ring (bicyclic) bond motifs is 1. The summed E-state index contributed by atoms with van der Waals surface area (Å²) in [5.41, 5.74) is 5.65. The van der Waals surface area contributed by atoms with Gasteiger partial charge in [0.05, 0.1) is 5.52 Å². The molecule has 3 rings (SSSR count). The molecule has 0 saturated heterocycles. The van der Waals surface area contributed by atoms with E-state index in [0.717, 1.165) is 15.3 Å². The zero-order chi connectivity index (χ0) is 20.5. The van der Waals surface area contributed by atoms with Gasteiger partial charge in [0.25, 0.3) is 10.0 Å². The molecule has 150 valence electrons. The number of thiophene rings is 1. The average Bonchev–Trinajstić information content (AvgIpc) is 3.29. The van der Waals surface area contributed by atoms with Crippen molar-refractivity contribution in [3.8, 4) is 5.75 Å². The number of nitrogens with two attached hydrogens (primary N) is 1. The molecule has 0 aliphatic heterocycles. The summed E-state index contributed by atoms with van der Waals surface area (Å²) in [4.78, 5) is 10.8. The number of hydrogen-bond donors (Lipinski definition) is 1. The fourth-order valence-corrected chi connectivity index (χ4v) is 4.79. The quantitative estimate of drug-likeness (QED) is 0.473. The van der Waals surface area contributed by atoms with E-state index in [-0.39, 0.29) is 9.96 Å². The summed E-state index contributed by atoms with van der Waals surface area (Å²) in [7, 11) is -3.80. The van der Waals surface area contributed by atoms with Gasteiger partial charge in [-0.2, -0.15) is 21.6 Å². The number of halogens is 3. The predicted octanol–water partition coefficient (Wildman–Crippen LogP) is 2.71. The van der Waals surface area contributed by atoms with Gasteiger partial charge in [-0.1, -0.05) is 12.1 Å². The fourth-order valence-electron chi connectivity index (χ4n) is 2.37. The van der Waals surface area contributed by atoms with Gasteiger partial charge in [0.15, 0.2) is 6.23 Å². The topological polar surface area (TPSA) is 101 Å². The van der Waals surface area contributed by atoms with Crippen LogP contribution in [0.25, 0.3) is 10.9 Å². The number of carbonyl (C=O) groups is 1. The van der Waals surface area contributed by atoms with Crippen molar-refractivity contribution in [3.05, 3.63) is 48.0 Å². The number of nitrogens with zero attached hydrogens (tertiary/aromatic N) is 1. The normalized spacial score (nSPS) is 13.4. The smallest absolute Gasteiger partial charge is 0.488 e. The van der Waals surface area contributed by atoms with Crippen LogP contribution >= 0.6 is 11.3 Å². The lowest BCUT2D eigenvalue weighted by atomic mass is 10.2. The lowest BCUT2D eigenvalue weighted by Crippen LogP contribution is -2.38. The number of ether oxygens (including phenoxy) is 2. The molecule has 0 amide bonds. The number of aromatic nitrogens is 1. The molecule has 0 aliphatic carbocycles. The predicted molar refractivity (Wildman–Crippen MR) is 94.5 cm³/mol. The Hall–Kier alpha value is -2.57. The number of hydrogen-bond acceptors (Lipinski definition) is 7. The van der Waals surface area contributed by atoms with Gasteiger partial charge in [0.2, 0.25) is 0 Å². The average molecular weight is 434 g/mol. The molecule has 1 aromatic carbocycles. The van der Waals surface area contributed by atoms with Gasteiger partial charge in [-0.3, -0.25) is 5.73 Å². The van der Waals surface area contributed by atoms with E-state index in [0.29, 0.717) is 10.9 Å². The Kier molecular flexibility index (Phi) is 5.37. The lowest BCUT2D eigenvalue weighted by Gasteiger charge is -2.15. The highest BCUT2D eigenvalue weighted by Crippen LogP contribution is 2.30. The highest BCUT2D eigenvalue weighted by molar-refractivity contribution is 7.92. The highest BCUT2D eigenvalue weighted by atomic mass is 32.2. The van der Waals surface area contributed by atoms with Crippen molar-refractivity contribution in [1.82, 2.24) is 3.97 Å². The van der Waals surface area contributed by atoms with Crippen molar-refractivity contribution in [2.24, 2.45) is 5.73 Å². The van der Waals surface area contributed by atoms with E-state index in [1.165, 1.54) is 30.5 Å². The van der Waals surface area contributed by atoms with Crippen molar-refractivity contribution in [2.75, 3.05) is 6.61 Å². The van der Waals surface area contributed by atoms with E-state index in [1.54, 1.807) is 17.5 Å². The van der Waals surface area contributed by atoms with Crippen LogP contribution in [-0.2, 0) is 19.6 Å². The van der Waals surface area contributed by atoms with E-state index in [2.05, 4.69) is 4.74 Å². The molecule has 2 aromatic heterocycles. The zero-order valence-corrected chi connectivity index (χ0v) is 15.6. The maximum atomic E-state index is 12.7. The van der Waals surface area contributed by atoms with Crippen molar-refractivity contribution in [2.45, 2.75) is 16.6 Å². The number of alkyl halides is 3. The fraction of sp³-hybridized carbons (Fsp3) is 0.188. The van der Waals surface area contributed by atoms with Gasteiger partial charge >= 0.3 is 12.1 Å². The van der Waals surface area contributed by atoms with Crippen molar-refractivity contribution < 1.29 is 35.9 Å². The van der Waals surface area contributed by atoms with Crippen molar-refractivity contribution in [1.29, 1.82) is 0 Å². The second-order valence-electron chi connectivity index (χ2n) is 5.49. The second kappa shape index (κ2) is 7.45. The van der Waals surface area contributed by atoms with Crippen LogP contribution in [0.5, 0.6) is 5.75 Å². The van der Waals surface area contributed by atoms with Crippen LogP contribution in [-0.4, -0.2) is 37.4 Å². The number of esters is 1. The Morgan fingerprint density at radius 1 is 1.21 bits per heavy atom. The van der Waals surface area contributed by atoms with Gasteiger partial charge in [0.1, 0.15) is 16.6 Å². The molecule has 3 aromatic rings. The Bertz CT molecular complexity index is 1090. The minimum absolute atomic E-state index is 0.150. The van der Waals surface area contributed by atoms with E-state index in [4.69, 9.17) is 10.5 Å². The van der Waals surface area contributed by atoms with Crippen molar-refractivity contribution >= 4 is 38.2 Å². The minimum Gasteiger partial charge on any atom is -0.488 e. The summed E-state index contributed by atoms with van der Waals surface area (Å²) in [6.07, 6.45) is -5.47. The van der Waals surface area contributed by atoms with E-state index < -0.39 is 35.0 Å². The molecule has 0 fully saturated rings. The Labute approximate surface area is 161 Å². The summed E-state index contributed by atoms with van der Waals surface area (Å²) < 4.78 is 72.6. The molecule has 0 radical (unpaired) electrons. The molecule has 0 saturated carbocycles. The van der Waals surface area contributed by atoms with Gasteiger partial charge in [-0.15, -0.1) is 11.3 Å². The lowest BCUT2D eigenvalue weighted by molar-refractivity contribution is -0.205. The standard InChI is InChI=1S/C16H13F3N2O5S2/c17-16(18,19)15(22)26-13(20)9-25-12-4-1-3-11-10(12)6-7-21(11)28(23,24)14-5-2-8-27-14/h1-8,13H,9,20H2. The summed E-state index contributed by atoms with van der Waals surface area (Å²) in [5.74, 6) is -2.24. The van der Waals surface area contributed by atoms with Gasteiger partial charge in [-0.25, -0.2) is 8.77 Å². The zero-order valence-electron chi connectivity index (χ0n) is 13.9. The van der Waals surface area contributed by atoms with Crippen LogP contribution in [0.4, 0.5) is 13.2 Å². The monoisotopic (exact) mass is 434 g/mol. The van der Waals surface area contributed by atoms with Gasteiger partial charge < -0.3 is 9.47 Å². The minimum atomic E-state index is -5.16. The molecule has 2 heterocycles. The first-order valence-corrected chi connectivity index (χ1v) is 9.98. The number of rotatable bonds is 6. The maximum absolute atomic E-state index is 12.7. The third-order valence-corrected chi connectivity index (χ3v) is 6.62. The Morgan fingerprint density at radius 2 is 1.96 bits per heavy atom. The van der Waals surface area contributed by atoms with Crippen LogP contribution in [0.15, 0.2) is 52.2 Å². The first kappa shape index (κ1) is 20.2. The molecule has 7 nitrogen and oxygen atoms in total. The third-order valence-electron chi connectivity index (χ3n) is 3.56. The maximum Gasteiger partial charge on any atom is 0.490 e. The largest absolute Gasteiger partial charge is 0.490 e. The Balaban J connectivity index is 1.81. The number of carbonyl (C=O) groups excluding carboxylic acids is 1. The molecule has 2 N–H and O–H groups in total. The van der Waals surface area contributed by atoms with E-state index in [1.807, 2.05) is 0 Å². The van der Waals surface area contributed by atoms with Crippen LogP contribution in [0.2, 0.25) is 0 Å². The summed E-state index contributed by atoms with van der Waals surface area (Å²) >= 11 is 1.07. The molecule has 0 aliphatic rings. The molecule has 0 spiro atoms. The highest BCUT2D eigenvalue weighted by Gasteiger charge is 2.42. The summed E-state index contributed by atoms with van der Waals surface area (Å²) in [6, 6.07) is 9.13. The SMILES string of the molecule is NC(COc1cccc2c1ccn2S(=O)(=O)c1cccs1)OC(=O)C(F)(F)F. The second-order valence-corrected chi connectivity index (χ2v) is 8.48. The first-order chi connectivity index (χ1) is 13.1. The molecule has 12 heteroatoms. The summed E-state index contributed by atoms with van der Waals surface area (Å²) in [6.45, 7) is -0.552. The van der Waals surface area contributed by atoms with Crippen LogP contribution < -0.4 is 10.5 Å². The van der Waals surface area contributed by atoms with Crippen LogP contribution in [0.3, 0.4) is 0 Å². The first-order valence-electron chi connectivity index (χ1n) is 7.66. The van der Waals surface area contributed by atoms with Gasteiger partial charge in [0, 0.05) is 11.6 Å². The summed E-state index contributed by atoms with van der Waals surface area (Å²) in [5, 5.41) is 2.04. The molecule has 28 heavy (non-hydrogen) atoms. The molecule has 1 atom stereocenters. The third kappa shape index (κ3) is 3.98. The number of benzene rings is 1. The molecular formula is C16H13F3N2O5S2. The molecular weight excluding hydrogens is 421 g/mol. The molecule has 0 bridgehead atoms.